The number of nitrogens with two attached hydrogens (primary N) is 1. The third-order valence-corrected chi connectivity index (χ3v) is 7.59. The SMILES string of the molecule is N[n+]1c(SCc2cccnc2)n[nH]c1C12CC3CC(CC(C3)C1)C2.O=C([O-])C(F)(F)F. The van der Waals surface area contributed by atoms with Gasteiger partial charge in [-0.2, -0.15) is 13.2 Å². The van der Waals surface area contributed by atoms with Crippen LogP contribution in [-0.4, -0.2) is 27.3 Å². The number of hydrogen-bond acceptors (Lipinski definition) is 6. The van der Waals surface area contributed by atoms with Crippen LogP contribution < -0.4 is 15.6 Å². The van der Waals surface area contributed by atoms with Crippen molar-refractivity contribution in [3.8, 4) is 0 Å². The Balaban J connectivity index is 0.000000289. The first-order valence-corrected chi connectivity index (χ1v) is 11.2. The number of nitrogen functional groups attached to an aromatic ring is 1. The summed E-state index contributed by atoms with van der Waals surface area (Å²) >= 11 is 1.68. The van der Waals surface area contributed by atoms with Crippen LogP contribution in [0.3, 0.4) is 0 Å². The highest BCUT2D eigenvalue weighted by Gasteiger charge is 2.56. The number of pyridine rings is 1. The van der Waals surface area contributed by atoms with Gasteiger partial charge >= 0.3 is 11.3 Å². The normalized spacial score (nSPS) is 28.8. The second-order valence-corrected chi connectivity index (χ2v) is 9.80. The minimum atomic E-state index is -5.19. The largest absolute Gasteiger partial charge is 0.542 e. The molecule has 0 radical (unpaired) electrons. The molecule has 4 aliphatic carbocycles. The number of aliphatic carboxylic acids is 1. The maximum Gasteiger partial charge on any atom is 0.430 e. The predicted octanol–water partition coefficient (Wildman–Crippen LogP) is 1.86. The Morgan fingerprint density at radius 2 is 1.84 bits per heavy atom. The Morgan fingerprint density at radius 3 is 2.32 bits per heavy atom. The number of aromatic nitrogens is 4. The van der Waals surface area contributed by atoms with Gasteiger partial charge in [0.25, 0.3) is 5.82 Å². The summed E-state index contributed by atoms with van der Waals surface area (Å²) in [5, 5.41) is 17.5. The molecule has 0 saturated heterocycles. The maximum absolute atomic E-state index is 10.5. The number of rotatable bonds is 4. The van der Waals surface area contributed by atoms with E-state index in [-0.39, 0.29) is 5.41 Å². The van der Waals surface area contributed by atoms with E-state index in [4.69, 9.17) is 15.7 Å². The van der Waals surface area contributed by atoms with Crippen LogP contribution in [0.2, 0.25) is 0 Å². The van der Waals surface area contributed by atoms with Crippen molar-refractivity contribution in [1.82, 2.24) is 15.2 Å². The van der Waals surface area contributed by atoms with Crippen LogP contribution in [0.25, 0.3) is 0 Å². The van der Waals surface area contributed by atoms with Crippen LogP contribution >= 0.6 is 11.8 Å². The molecule has 0 aliphatic heterocycles. The number of hydrogen-bond donors (Lipinski definition) is 2. The van der Waals surface area contributed by atoms with Crippen LogP contribution in [0.4, 0.5) is 13.2 Å². The third kappa shape index (κ3) is 4.65. The molecule has 4 bridgehead atoms. The van der Waals surface area contributed by atoms with E-state index in [0.717, 1.165) is 34.5 Å². The van der Waals surface area contributed by atoms with Gasteiger partial charge in [0.2, 0.25) is 0 Å². The van der Waals surface area contributed by atoms with E-state index in [1.54, 1.807) is 18.0 Å². The highest BCUT2D eigenvalue weighted by molar-refractivity contribution is 7.98. The summed E-state index contributed by atoms with van der Waals surface area (Å²) in [6.07, 6.45) is 6.74. The molecule has 2 heterocycles. The molecule has 3 N–H and O–H groups in total. The van der Waals surface area contributed by atoms with Gasteiger partial charge in [0.15, 0.2) is 0 Å². The number of nitrogens with one attached hydrogen (secondary N) is 1. The number of nitrogens with zero attached hydrogens (tertiary/aromatic N) is 3. The summed E-state index contributed by atoms with van der Waals surface area (Å²) in [5.41, 5.74) is 1.45. The molecule has 4 fully saturated rings. The lowest BCUT2D eigenvalue weighted by molar-refractivity contribution is -0.690. The lowest BCUT2D eigenvalue weighted by Gasteiger charge is -2.54. The van der Waals surface area contributed by atoms with Gasteiger partial charge in [0, 0.05) is 18.1 Å². The van der Waals surface area contributed by atoms with Crippen molar-refractivity contribution < 1.29 is 27.7 Å². The lowest BCUT2D eigenvalue weighted by atomic mass is 9.49. The minimum Gasteiger partial charge on any atom is -0.542 e. The molecule has 4 saturated carbocycles. The molecule has 0 atom stereocenters. The molecule has 168 valence electrons. The molecule has 11 heteroatoms. The number of thioether (sulfide) groups is 1. The molecule has 4 aliphatic rings. The van der Waals surface area contributed by atoms with Crippen molar-refractivity contribution in [2.24, 2.45) is 17.8 Å². The van der Waals surface area contributed by atoms with Gasteiger partial charge in [-0.1, -0.05) is 6.07 Å². The average Bonchev–Trinajstić information content (AvgIpc) is 3.07. The molecule has 31 heavy (non-hydrogen) atoms. The quantitative estimate of drug-likeness (QED) is 0.414. The van der Waals surface area contributed by atoms with Gasteiger partial charge in [0.05, 0.1) is 10.5 Å². The molecule has 0 spiro atoms. The van der Waals surface area contributed by atoms with Crippen LogP contribution in [0.15, 0.2) is 29.7 Å². The fourth-order valence-corrected chi connectivity index (χ4v) is 6.62. The minimum absolute atomic E-state index is 0.254. The van der Waals surface area contributed by atoms with E-state index >= 15 is 0 Å². The highest BCUT2D eigenvalue weighted by Crippen LogP contribution is 2.59. The van der Waals surface area contributed by atoms with Crippen molar-refractivity contribution in [2.45, 2.75) is 61.0 Å². The Bertz CT molecular complexity index is 899. The first-order chi connectivity index (χ1) is 14.7. The Kier molecular flexibility index (Phi) is 5.89. The van der Waals surface area contributed by atoms with Gasteiger partial charge in [0.1, 0.15) is 5.97 Å². The zero-order valence-corrected chi connectivity index (χ0v) is 17.6. The summed E-state index contributed by atoms with van der Waals surface area (Å²) in [6, 6.07) is 4.06. The fourth-order valence-electron chi connectivity index (χ4n) is 5.81. The Hall–Kier alpha value is -2.30. The Morgan fingerprint density at radius 1 is 1.26 bits per heavy atom. The number of aromatic amines is 1. The van der Waals surface area contributed by atoms with E-state index in [1.165, 1.54) is 44.1 Å². The number of halogens is 3. The van der Waals surface area contributed by atoms with Crippen LogP contribution in [0.1, 0.15) is 49.9 Å². The molecule has 6 rings (SSSR count). The molecular weight excluding hydrogens is 431 g/mol. The topological polar surface area (TPSA) is 112 Å². The molecule has 0 unspecified atom stereocenters. The predicted molar refractivity (Wildman–Crippen MR) is 104 cm³/mol. The zero-order chi connectivity index (χ0) is 22.2. The highest BCUT2D eigenvalue weighted by atomic mass is 32.2. The molecule has 7 nitrogen and oxygen atoms in total. The average molecular weight is 456 g/mol. The number of carbonyl (C=O) groups is 1. The summed E-state index contributed by atoms with van der Waals surface area (Å²) in [4.78, 5) is 13.0. The summed E-state index contributed by atoms with van der Waals surface area (Å²) < 4.78 is 33.4. The number of carboxylic acids is 1. The van der Waals surface area contributed by atoms with Crippen molar-refractivity contribution in [3.63, 3.8) is 0 Å². The molecule has 0 aromatic carbocycles. The zero-order valence-electron chi connectivity index (χ0n) is 16.8. The first-order valence-electron chi connectivity index (χ1n) is 10.2. The van der Waals surface area contributed by atoms with Crippen LogP contribution in [0, 0.1) is 17.8 Å². The summed E-state index contributed by atoms with van der Waals surface area (Å²) in [7, 11) is 0. The number of H-pyrrole nitrogens is 1. The fraction of sp³-hybridized carbons (Fsp3) is 0.600. The number of carboxylic acid groups (broad SMARTS) is 1. The first kappa shape index (κ1) is 21.9. The maximum atomic E-state index is 10.5. The van der Waals surface area contributed by atoms with Gasteiger partial charge in [-0.05, 0) is 79.7 Å². The summed E-state index contributed by atoms with van der Waals surface area (Å²) in [5.74, 6) is 8.20. The van der Waals surface area contributed by atoms with E-state index < -0.39 is 12.1 Å². The second kappa shape index (κ2) is 8.33. The summed E-state index contributed by atoms with van der Waals surface area (Å²) in [6.45, 7) is 0. The Labute approximate surface area is 181 Å². The lowest BCUT2D eigenvalue weighted by Crippen LogP contribution is -2.58. The molecule has 2 aromatic heterocycles. The van der Waals surface area contributed by atoms with E-state index in [0.29, 0.717) is 0 Å². The van der Waals surface area contributed by atoms with E-state index in [2.05, 4.69) is 21.2 Å². The number of carbonyl (C=O) groups excluding carboxylic acids is 1. The molecule has 2 aromatic rings. The number of alkyl halides is 3. The molecule has 0 amide bonds. The van der Waals surface area contributed by atoms with Crippen LogP contribution in [-0.2, 0) is 16.0 Å². The van der Waals surface area contributed by atoms with Gasteiger partial charge < -0.3 is 9.90 Å². The standard InChI is InChI=1S/C18H23N5S.C2HF3O2/c19-23-16(18-7-13-4-14(8-18)6-15(5-13)9-18)21-22-17(23)24-11-12-2-1-3-20-10-12;3-2(4,5)1(6)7/h1-3,10,13-15H,4-9,11,19H2;(H,6,7). The molecular formula is C20H24F3N5O2S. The second-order valence-electron chi connectivity index (χ2n) is 8.86. The van der Waals surface area contributed by atoms with Gasteiger partial charge in [-0.25, -0.2) is 0 Å². The van der Waals surface area contributed by atoms with Gasteiger partial charge in [-0.3, -0.25) is 10.8 Å². The third-order valence-electron chi connectivity index (χ3n) is 6.57. The smallest absolute Gasteiger partial charge is 0.430 e. The van der Waals surface area contributed by atoms with Crippen LogP contribution in [0.5, 0.6) is 0 Å². The van der Waals surface area contributed by atoms with Crippen molar-refractivity contribution in [3.05, 3.63) is 35.9 Å². The van der Waals surface area contributed by atoms with E-state index in [1.807, 2.05) is 16.9 Å². The van der Waals surface area contributed by atoms with Crippen molar-refractivity contribution >= 4 is 17.7 Å². The van der Waals surface area contributed by atoms with Crippen molar-refractivity contribution in [1.29, 1.82) is 0 Å². The van der Waals surface area contributed by atoms with Crippen molar-refractivity contribution in [2.75, 3.05) is 5.84 Å². The monoisotopic (exact) mass is 455 g/mol. The van der Waals surface area contributed by atoms with Gasteiger partial charge in [-0.15, -0.1) is 9.77 Å². The van der Waals surface area contributed by atoms with E-state index in [9.17, 15) is 13.2 Å².